The van der Waals surface area contributed by atoms with Crippen LogP contribution in [-0.4, -0.2) is 59.9 Å². The van der Waals surface area contributed by atoms with Gasteiger partial charge in [-0.2, -0.15) is 0 Å². The first-order chi connectivity index (χ1) is 14.2. The Morgan fingerprint density at radius 1 is 1.33 bits per heavy atom. The van der Waals surface area contributed by atoms with E-state index < -0.39 is 29.2 Å². The molecule has 11 nitrogen and oxygen atoms in total. The predicted octanol–water partition coefficient (Wildman–Crippen LogP) is 2.26. The van der Waals surface area contributed by atoms with Crippen molar-refractivity contribution in [3.05, 3.63) is 44.4 Å². The first kappa shape index (κ1) is 22.7. The number of carbonyl (C=O) groups is 3. The summed E-state index contributed by atoms with van der Waals surface area (Å²) in [5, 5.41) is 13.6. The summed E-state index contributed by atoms with van der Waals surface area (Å²) < 4.78 is 10.2. The lowest BCUT2D eigenvalue weighted by Crippen LogP contribution is -2.21. The Balaban J connectivity index is 2.25. The van der Waals surface area contributed by atoms with Crippen LogP contribution in [-0.2, 0) is 9.53 Å². The summed E-state index contributed by atoms with van der Waals surface area (Å²) in [6.07, 6.45) is 1.23. The quantitative estimate of drug-likeness (QED) is 0.377. The van der Waals surface area contributed by atoms with Gasteiger partial charge in [0, 0.05) is 14.1 Å². The summed E-state index contributed by atoms with van der Waals surface area (Å²) in [5.74, 6) is -2.38. The Morgan fingerprint density at radius 3 is 2.63 bits per heavy atom. The van der Waals surface area contributed by atoms with Crippen LogP contribution in [0.15, 0.2) is 18.3 Å². The maximum atomic E-state index is 12.4. The highest BCUT2D eigenvalue weighted by molar-refractivity contribution is 7.18. The molecular formula is C18H20N4O7S. The van der Waals surface area contributed by atoms with Gasteiger partial charge in [0.25, 0.3) is 11.8 Å². The third-order valence-corrected chi connectivity index (χ3v) is 4.96. The number of nitro groups is 1. The van der Waals surface area contributed by atoms with Gasteiger partial charge in [0.2, 0.25) is 5.75 Å². The maximum Gasteiger partial charge on any atom is 0.406 e. The first-order valence-electron chi connectivity index (χ1n) is 8.71. The van der Waals surface area contributed by atoms with E-state index in [2.05, 4.69) is 10.3 Å². The summed E-state index contributed by atoms with van der Waals surface area (Å²) in [5.41, 5.74) is 0.462. The lowest BCUT2D eigenvalue weighted by molar-refractivity contribution is -0.390. The summed E-state index contributed by atoms with van der Waals surface area (Å²) in [7, 11) is 3.14. The molecule has 2 aromatic rings. The van der Waals surface area contributed by atoms with Crippen LogP contribution in [0.1, 0.15) is 32.5 Å². The number of pyridine rings is 1. The fraction of sp³-hybridized carbons (Fsp3) is 0.333. The van der Waals surface area contributed by atoms with Gasteiger partial charge >= 0.3 is 11.8 Å². The fourth-order valence-corrected chi connectivity index (χ4v) is 3.63. The van der Waals surface area contributed by atoms with Crippen molar-refractivity contribution >= 4 is 39.9 Å². The number of hydrogen-bond donors (Lipinski definition) is 1. The Morgan fingerprint density at radius 2 is 2.03 bits per heavy atom. The summed E-state index contributed by atoms with van der Waals surface area (Å²) in [4.78, 5) is 52.6. The van der Waals surface area contributed by atoms with Crippen LogP contribution in [0.3, 0.4) is 0 Å². The van der Waals surface area contributed by atoms with Gasteiger partial charge in [-0.05, 0) is 41.5 Å². The van der Waals surface area contributed by atoms with Crippen LogP contribution in [0.4, 0.5) is 10.8 Å². The number of carbonyl (C=O) groups excluding carboxylic acids is 3. The molecule has 0 fully saturated rings. The Labute approximate surface area is 175 Å². The molecule has 12 heteroatoms. The van der Waals surface area contributed by atoms with Gasteiger partial charge in [0.05, 0.1) is 17.0 Å². The third kappa shape index (κ3) is 5.08. The number of rotatable bonds is 8. The number of nitrogens with one attached hydrogen (secondary N) is 1. The molecule has 0 spiro atoms. The van der Waals surface area contributed by atoms with Gasteiger partial charge in [-0.15, -0.1) is 11.3 Å². The van der Waals surface area contributed by atoms with Crippen molar-refractivity contribution in [2.75, 3.05) is 32.6 Å². The van der Waals surface area contributed by atoms with Crippen molar-refractivity contribution in [1.82, 2.24) is 9.88 Å². The molecule has 160 valence electrons. The van der Waals surface area contributed by atoms with E-state index in [4.69, 9.17) is 9.47 Å². The summed E-state index contributed by atoms with van der Waals surface area (Å²) in [6, 6.07) is 2.74. The van der Waals surface area contributed by atoms with Crippen molar-refractivity contribution in [3.8, 4) is 5.75 Å². The molecule has 2 heterocycles. The zero-order chi connectivity index (χ0) is 22.4. The molecule has 0 radical (unpaired) electrons. The second-order valence-electron chi connectivity index (χ2n) is 6.10. The normalized spacial score (nSPS) is 10.3. The molecule has 2 amide bonds. The van der Waals surface area contributed by atoms with Gasteiger partial charge in [-0.25, -0.2) is 4.79 Å². The molecular weight excluding hydrogens is 416 g/mol. The van der Waals surface area contributed by atoms with E-state index in [1.165, 1.54) is 23.2 Å². The number of thiophene rings is 1. The molecule has 0 atom stereocenters. The van der Waals surface area contributed by atoms with E-state index in [9.17, 15) is 24.5 Å². The minimum Gasteiger partial charge on any atom is -0.476 e. The molecule has 2 rings (SSSR count). The smallest absolute Gasteiger partial charge is 0.406 e. The summed E-state index contributed by atoms with van der Waals surface area (Å²) in [6.45, 7) is 2.78. The standard InChI is InChI=1S/C18H20N4O7S/c1-5-28-18(25)13-10(2)14(17(24)21(3)4)30-16(13)20-12(23)9-29-11-7-6-8-19-15(11)22(26)27/h6-8H,5,9H2,1-4H3,(H,20,23). The fourth-order valence-electron chi connectivity index (χ4n) is 2.40. The minimum atomic E-state index is -0.728. The van der Waals surface area contributed by atoms with E-state index >= 15 is 0 Å². The van der Waals surface area contributed by atoms with Gasteiger partial charge in [-0.3, -0.25) is 9.59 Å². The molecule has 0 aliphatic rings. The maximum absolute atomic E-state index is 12.4. The van der Waals surface area contributed by atoms with E-state index in [1.807, 2.05) is 0 Å². The van der Waals surface area contributed by atoms with Crippen molar-refractivity contribution in [1.29, 1.82) is 0 Å². The molecule has 0 saturated heterocycles. The Bertz CT molecular complexity index is 987. The number of anilines is 1. The molecule has 2 aromatic heterocycles. The molecule has 0 aliphatic heterocycles. The molecule has 0 aliphatic carbocycles. The zero-order valence-corrected chi connectivity index (χ0v) is 17.6. The van der Waals surface area contributed by atoms with E-state index in [0.29, 0.717) is 5.56 Å². The van der Waals surface area contributed by atoms with Crippen LogP contribution in [0.25, 0.3) is 0 Å². The second kappa shape index (κ2) is 9.78. The van der Waals surface area contributed by atoms with Gasteiger partial charge in [0.15, 0.2) is 6.61 Å². The lowest BCUT2D eigenvalue weighted by atomic mass is 10.1. The largest absolute Gasteiger partial charge is 0.476 e. The van der Waals surface area contributed by atoms with Crippen LogP contribution in [0.5, 0.6) is 5.75 Å². The molecule has 0 bridgehead atoms. The minimum absolute atomic E-state index is 0.0766. The predicted molar refractivity (Wildman–Crippen MR) is 108 cm³/mol. The van der Waals surface area contributed by atoms with Gasteiger partial charge in [-0.1, -0.05) is 0 Å². The number of hydrogen-bond acceptors (Lipinski definition) is 9. The van der Waals surface area contributed by atoms with Gasteiger partial charge in [0.1, 0.15) is 11.2 Å². The van der Waals surface area contributed by atoms with Crippen LogP contribution < -0.4 is 10.1 Å². The second-order valence-corrected chi connectivity index (χ2v) is 7.12. The van der Waals surface area contributed by atoms with Crippen LogP contribution >= 0.6 is 11.3 Å². The molecule has 0 aromatic carbocycles. The number of nitrogens with zero attached hydrogens (tertiary/aromatic N) is 3. The topological polar surface area (TPSA) is 141 Å². The molecule has 0 unspecified atom stereocenters. The third-order valence-electron chi connectivity index (χ3n) is 3.76. The number of amides is 2. The SMILES string of the molecule is CCOC(=O)c1c(NC(=O)COc2cccnc2[N+](=O)[O-])sc(C(=O)N(C)C)c1C. The number of esters is 1. The Hall–Kier alpha value is -3.54. The first-order valence-corrected chi connectivity index (χ1v) is 9.53. The van der Waals surface area contributed by atoms with Gasteiger partial charge < -0.3 is 29.8 Å². The van der Waals surface area contributed by atoms with E-state index in [0.717, 1.165) is 11.3 Å². The Kier molecular flexibility index (Phi) is 7.42. The zero-order valence-electron chi connectivity index (χ0n) is 16.8. The summed E-state index contributed by atoms with van der Waals surface area (Å²) >= 11 is 0.935. The number of ether oxygens (including phenoxy) is 2. The van der Waals surface area contributed by atoms with Crippen LogP contribution in [0.2, 0.25) is 0 Å². The van der Waals surface area contributed by atoms with Crippen molar-refractivity contribution in [2.45, 2.75) is 13.8 Å². The van der Waals surface area contributed by atoms with Crippen molar-refractivity contribution in [2.24, 2.45) is 0 Å². The number of aromatic nitrogens is 1. The monoisotopic (exact) mass is 436 g/mol. The highest BCUT2D eigenvalue weighted by Gasteiger charge is 2.27. The molecule has 1 N–H and O–H groups in total. The average Bonchev–Trinajstić information content (AvgIpc) is 3.01. The van der Waals surface area contributed by atoms with Crippen molar-refractivity contribution in [3.63, 3.8) is 0 Å². The molecule has 30 heavy (non-hydrogen) atoms. The average molecular weight is 436 g/mol. The lowest BCUT2D eigenvalue weighted by Gasteiger charge is -2.09. The van der Waals surface area contributed by atoms with E-state index in [1.54, 1.807) is 27.9 Å². The highest BCUT2D eigenvalue weighted by Crippen LogP contribution is 2.34. The van der Waals surface area contributed by atoms with Crippen LogP contribution in [0, 0.1) is 17.0 Å². The van der Waals surface area contributed by atoms with E-state index in [-0.39, 0.29) is 33.7 Å². The van der Waals surface area contributed by atoms with Crippen molar-refractivity contribution < 1.29 is 28.8 Å². The highest BCUT2D eigenvalue weighted by atomic mass is 32.1. The molecule has 0 saturated carbocycles.